The largest absolute Gasteiger partial charge is 0.489 e. The standard InChI is InChI=1S/C36H38N2O5S/c1-4-42-36(40)27(3)19-26(2)20-31-25-44-35(37-31)33(38-34(39)24-41-22-29-11-7-5-8-12-29)21-28-15-17-32(18-16-28)43-23-30-13-9-6-10-14-30/h5-20,25,33H,4,21-24H2,1-3H3,(H,38,39)/t33-/m0/s1. The molecule has 3 aromatic carbocycles. The molecule has 4 rings (SSSR count). The van der Waals surface area contributed by atoms with Crippen LogP contribution in [0.15, 0.2) is 108 Å². The van der Waals surface area contributed by atoms with E-state index in [0.29, 0.717) is 31.8 Å². The van der Waals surface area contributed by atoms with Gasteiger partial charge in [0.1, 0.15) is 24.0 Å². The van der Waals surface area contributed by atoms with Crippen LogP contribution in [0.2, 0.25) is 0 Å². The predicted octanol–water partition coefficient (Wildman–Crippen LogP) is 7.25. The summed E-state index contributed by atoms with van der Waals surface area (Å²) in [4.78, 5) is 29.8. The minimum absolute atomic E-state index is 0.0627. The Bertz CT molecular complexity index is 1550. The van der Waals surface area contributed by atoms with Gasteiger partial charge in [-0.25, -0.2) is 9.78 Å². The van der Waals surface area contributed by atoms with Crippen LogP contribution in [0.5, 0.6) is 5.75 Å². The molecule has 7 nitrogen and oxygen atoms in total. The summed E-state index contributed by atoms with van der Waals surface area (Å²) in [5.41, 5.74) is 5.28. The molecule has 0 aliphatic rings. The molecule has 1 heterocycles. The number of carbonyl (C=O) groups is 2. The van der Waals surface area contributed by atoms with Gasteiger partial charge in [-0.15, -0.1) is 11.3 Å². The smallest absolute Gasteiger partial charge is 0.333 e. The van der Waals surface area contributed by atoms with Crippen molar-refractivity contribution in [2.24, 2.45) is 0 Å². The maximum Gasteiger partial charge on any atom is 0.333 e. The molecule has 0 aliphatic heterocycles. The number of nitrogens with zero attached hydrogens (tertiary/aromatic N) is 1. The van der Waals surface area contributed by atoms with Crippen LogP contribution in [0.25, 0.3) is 6.08 Å². The molecule has 44 heavy (non-hydrogen) atoms. The number of amides is 1. The number of aromatic nitrogens is 1. The van der Waals surface area contributed by atoms with E-state index in [1.54, 1.807) is 19.9 Å². The number of allylic oxidation sites excluding steroid dienone is 2. The molecule has 0 bridgehead atoms. The Labute approximate surface area is 263 Å². The van der Waals surface area contributed by atoms with Crippen molar-refractivity contribution in [2.45, 2.75) is 46.4 Å². The minimum atomic E-state index is -0.358. The third-order valence-electron chi connectivity index (χ3n) is 6.55. The maximum atomic E-state index is 13.0. The molecule has 8 heteroatoms. The van der Waals surface area contributed by atoms with E-state index in [0.717, 1.165) is 38.7 Å². The Morgan fingerprint density at radius 2 is 1.55 bits per heavy atom. The number of hydrogen-bond acceptors (Lipinski definition) is 7. The Morgan fingerprint density at radius 3 is 2.20 bits per heavy atom. The number of nitrogens with one attached hydrogen (secondary N) is 1. The molecule has 1 amide bonds. The van der Waals surface area contributed by atoms with Gasteiger partial charge in [-0.1, -0.05) is 72.8 Å². The van der Waals surface area contributed by atoms with Crippen molar-refractivity contribution >= 4 is 29.3 Å². The van der Waals surface area contributed by atoms with Crippen LogP contribution in [-0.4, -0.2) is 30.1 Å². The predicted molar refractivity (Wildman–Crippen MR) is 174 cm³/mol. The Kier molecular flexibility index (Phi) is 12.5. The molecule has 1 atom stereocenters. The molecule has 1 N–H and O–H groups in total. The maximum absolute atomic E-state index is 13.0. The summed E-state index contributed by atoms with van der Waals surface area (Å²) in [7, 11) is 0. The van der Waals surface area contributed by atoms with E-state index in [-0.39, 0.29) is 24.5 Å². The van der Waals surface area contributed by atoms with Crippen LogP contribution in [-0.2, 0) is 38.7 Å². The second-order valence-corrected chi connectivity index (χ2v) is 11.2. The lowest BCUT2D eigenvalue weighted by Gasteiger charge is -2.17. The number of hydrogen-bond donors (Lipinski definition) is 1. The zero-order valence-electron chi connectivity index (χ0n) is 25.3. The molecule has 0 saturated heterocycles. The first-order valence-electron chi connectivity index (χ1n) is 14.6. The van der Waals surface area contributed by atoms with Crippen molar-refractivity contribution in [1.82, 2.24) is 10.3 Å². The Morgan fingerprint density at radius 1 is 0.886 bits per heavy atom. The Balaban J connectivity index is 1.44. The van der Waals surface area contributed by atoms with E-state index in [9.17, 15) is 9.59 Å². The lowest BCUT2D eigenvalue weighted by Crippen LogP contribution is -2.32. The minimum Gasteiger partial charge on any atom is -0.489 e. The van der Waals surface area contributed by atoms with Crippen LogP contribution in [0, 0.1) is 0 Å². The lowest BCUT2D eigenvalue weighted by molar-refractivity contribution is -0.138. The van der Waals surface area contributed by atoms with Gasteiger partial charge in [0, 0.05) is 11.0 Å². The highest BCUT2D eigenvalue weighted by Crippen LogP contribution is 2.25. The molecule has 0 radical (unpaired) electrons. The molecule has 0 aliphatic carbocycles. The topological polar surface area (TPSA) is 86.8 Å². The lowest BCUT2D eigenvalue weighted by atomic mass is 10.1. The SMILES string of the molecule is CCOC(=O)C(C)=CC(C)=Cc1csc([C@H](Cc2ccc(OCc3ccccc3)cc2)NC(=O)COCc2ccccc2)n1. The second-order valence-electron chi connectivity index (χ2n) is 10.3. The zero-order valence-corrected chi connectivity index (χ0v) is 26.1. The molecular weight excluding hydrogens is 572 g/mol. The van der Waals surface area contributed by atoms with Gasteiger partial charge in [0.05, 0.1) is 24.9 Å². The zero-order chi connectivity index (χ0) is 31.1. The fourth-order valence-electron chi connectivity index (χ4n) is 4.42. The van der Waals surface area contributed by atoms with Crippen LogP contribution in [0.4, 0.5) is 0 Å². The van der Waals surface area contributed by atoms with Gasteiger partial charge in [-0.3, -0.25) is 4.79 Å². The summed E-state index contributed by atoms with van der Waals surface area (Å²) < 4.78 is 16.7. The van der Waals surface area contributed by atoms with Crippen LogP contribution >= 0.6 is 11.3 Å². The van der Waals surface area contributed by atoms with Crippen LogP contribution in [0.1, 0.15) is 54.2 Å². The number of benzene rings is 3. The molecule has 0 fully saturated rings. The van der Waals surface area contributed by atoms with E-state index in [1.165, 1.54) is 11.3 Å². The summed E-state index contributed by atoms with van der Waals surface area (Å²) in [5, 5.41) is 5.83. The highest BCUT2D eigenvalue weighted by Gasteiger charge is 2.19. The number of esters is 1. The molecule has 228 valence electrons. The van der Waals surface area contributed by atoms with E-state index in [1.807, 2.05) is 103 Å². The van der Waals surface area contributed by atoms with E-state index in [4.69, 9.17) is 19.2 Å². The van der Waals surface area contributed by atoms with Crippen molar-refractivity contribution in [3.05, 3.63) is 135 Å². The number of ether oxygens (including phenoxy) is 3. The van der Waals surface area contributed by atoms with Gasteiger partial charge in [0.25, 0.3) is 0 Å². The summed E-state index contributed by atoms with van der Waals surface area (Å²) >= 11 is 1.48. The quantitative estimate of drug-likeness (QED) is 0.0867. The summed E-state index contributed by atoms with van der Waals surface area (Å²) in [6.45, 7) is 6.53. The van der Waals surface area contributed by atoms with Crippen molar-refractivity contribution in [2.75, 3.05) is 13.2 Å². The van der Waals surface area contributed by atoms with Gasteiger partial charge < -0.3 is 19.5 Å². The fraction of sp³-hybridized carbons (Fsp3) is 0.250. The van der Waals surface area contributed by atoms with Crippen molar-refractivity contribution < 1.29 is 23.8 Å². The van der Waals surface area contributed by atoms with Crippen LogP contribution < -0.4 is 10.1 Å². The van der Waals surface area contributed by atoms with Crippen molar-refractivity contribution in [1.29, 1.82) is 0 Å². The van der Waals surface area contributed by atoms with Gasteiger partial charge in [0.2, 0.25) is 5.91 Å². The van der Waals surface area contributed by atoms with E-state index >= 15 is 0 Å². The van der Waals surface area contributed by atoms with E-state index in [2.05, 4.69) is 5.32 Å². The van der Waals surface area contributed by atoms with Crippen molar-refractivity contribution in [3.8, 4) is 5.75 Å². The molecule has 1 aromatic heterocycles. The fourth-order valence-corrected chi connectivity index (χ4v) is 5.24. The molecule has 0 saturated carbocycles. The van der Waals surface area contributed by atoms with Gasteiger partial charge in [-0.2, -0.15) is 0 Å². The Hall–Kier alpha value is -4.53. The third-order valence-corrected chi connectivity index (χ3v) is 7.52. The highest BCUT2D eigenvalue weighted by molar-refractivity contribution is 7.09. The molecular formula is C36H38N2O5S. The average Bonchev–Trinajstić information content (AvgIpc) is 3.49. The highest BCUT2D eigenvalue weighted by atomic mass is 32.1. The van der Waals surface area contributed by atoms with Crippen LogP contribution in [0.3, 0.4) is 0 Å². The number of thiazole rings is 1. The first-order chi connectivity index (χ1) is 21.4. The summed E-state index contributed by atoms with van der Waals surface area (Å²) in [5.74, 6) is 0.217. The second kappa shape index (κ2) is 16.9. The van der Waals surface area contributed by atoms with Gasteiger partial charge in [0.15, 0.2) is 0 Å². The van der Waals surface area contributed by atoms with Gasteiger partial charge >= 0.3 is 5.97 Å². The summed E-state index contributed by atoms with van der Waals surface area (Å²) in [6.07, 6.45) is 4.23. The van der Waals surface area contributed by atoms with Gasteiger partial charge in [-0.05, 0) is 73.7 Å². The van der Waals surface area contributed by atoms with Crippen molar-refractivity contribution in [3.63, 3.8) is 0 Å². The molecule has 0 spiro atoms. The summed E-state index contributed by atoms with van der Waals surface area (Å²) in [6, 6.07) is 27.3. The third kappa shape index (κ3) is 10.6. The molecule has 4 aromatic rings. The average molecular weight is 611 g/mol. The number of rotatable bonds is 15. The molecule has 0 unspecified atom stereocenters. The normalized spacial score (nSPS) is 12.4. The van der Waals surface area contributed by atoms with E-state index < -0.39 is 0 Å². The first-order valence-corrected chi connectivity index (χ1v) is 15.4. The monoisotopic (exact) mass is 610 g/mol. The first kappa shape index (κ1) is 32.4. The number of carbonyl (C=O) groups excluding carboxylic acids is 2.